The number of halogens is 9. The van der Waals surface area contributed by atoms with Gasteiger partial charge in [-0.25, -0.2) is 0 Å². The van der Waals surface area contributed by atoms with E-state index in [-0.39, 0.29) is 0 Å². The van der Waals surface area contributed by atoms with Crippen molar-refractivity contribution in [2.45, 2.75) is 18.3 Å². The highest BCUT2D eigenvalue weighted by atomic mass is 35.6. The fraction of sp³-hybridized carbons (Fsp3) is 0.857. The maximum Gasteiger partial charge on any atom is 0.213 e. The molecule has 100 valence electrons. The Balaban J connectivity index is 6.00. The van der Waals surface area contributed by atoms with Crippen LogP contribution in [0.25, 0.3) is 0 Å². The fourth-order valence-electron chi connectivity index (χ4n) is 1.12. The summed E-state index contributed by atoms with van der Waals surface area (Å²) in [6.45, 7) is 1.33. The van der Waals surface area contributed by atoms with Crippen LogP contribution in [0, 0.1) is 22.7 Å². The second-order valence-electron chi connectivity index (χ2n) is 3.18. The van der Waals surface area contributed by atoms with Gasteiger partial charge in [-0.15, -0.1) is 0 Å². The third kappa shape index (κ3) is 3.81. The lowest BCUT2D eigenvalue weighted by atomic mass is 9.80. The summed E-state index contributed by atoms with van der Waals surface area (Å²) in [7, 11) is 0. The van der Waals surface area contributed by atoms with Gasteiger partial charge in [0, 0.05) is 5.92 Å². The van der Waals surface area contributed by atoms with Crippen molar-refractivity contribution in [1.82, 2.24) is 0 Å². The van der Waals surface area contributed by atoms with Crippen LogP contribution in [-0.4, -0.2) is 11.4 Å². The van der Waals surface area contributed by atoms with Gasteiger partial charge in [-0.05, 0) is 0 Å². The van der Waals surface area contributed by atoms with Gasteiger partial charge in [-0.2, -0.15) is 5.26 Å². The first-order valence-electron chi connectivity index (χ1n) is 3.83. The normalized spacial score (nSPS) is 16.5. The monoisotopic (exact) mass is 417 g/mol. The molecule has 0 aliphatic heterocycles. The molecule has 0 saturated heterocycles. The zero-order valence-electron chi connectivity index (χ0n) is 7.93. The molecule has 0 aromatic rings. The van der Waals surface area contributed by atoms with Gasteiger partial charge in [-0.3, -0.25) is 0 Å². The average Bonchev–Trinajstić information content (AvgIpc) is 1.98. The molecule has 1 atom stereocenters. The zero-order chi connectivity index (χ0) is 14.3. The maximum atomic E-state index is 9.25. The quantitative estimate of drug-likeness (QED) is 0.460. The van der Waals surface area contributed by atoms with Gasteiger partial charge in [0.2, 0.25) is 7.59 Å². The highest BCUT2D eigenvalue weighted by Crippen LogP contribution is 2.64. The van der Waals surface area contributed by atoms with Crippen LogP contribution in [0.15, 0.2) is 0 Å². The van der Waals surface area contributed by atoms with Crippen LogP contribution in [0.5, 0.6) is 0 Å². The Morgan fingerprint density at radius 2 is 1.12 bits per heavy atom. The van der Waals surface area contributed by atoms with Crippen molar-refractivity contribution in [3.8, 4) is 6.07 Å². The molecule has 0 radical (unpaired) electrons. The third-order valence-corrected chi connectivity index (χ3v) is 4.98. The Hall–Kier alpha value is 2.10. The molecule has 0 saturated carbocycles. The van der Waals surface area contributed by atoms with Crippen molar-refractivity contribution in [2.75, 3.05) is 0 Å². The molecule has 0 amide bonds. The minimum absolute atomic E-state index is 1.16. The molecule has 0 aliphatic carbocycles. The van der Waals surface area contributed by atoms with Gasteiger partial charge in [0.25, 0.3) is 0 Å². The van der Waals surface area contributed by atoms with Crippen molar-refractivity contribution in [3.05, 3.63) is 0 Å². The lowest BCUT2D eigenvalue weighted by Gasteiger charge is -2.45. The van der Waals surface area contributed by atoms with E-state index in [9.17, 15) is 5.26 Å². The van der Waals surface area contributed by atoms with E-state index < -0.39 is 22.7 Å². The van der Waals surface area contributed by atoms with Gasteiger partial charge >= 0.3 is 0 Å². The molecule has 0 aromatic carbocycles. The summed E-state index contributed by atoms with van der Waals surface area (Å²) in [5.41, 5.74) is -2.14. The minimum atomic E-state index is -2.27. The SMILES string of the molecule is CC(C(Cl)(Cl)Cl)C(C#N)(C(Cl)(Cl)Cl)C(Cl)(Cl)Cl. The highest BCUT2D eigenvalue weighted by molar-refractivity contribution is 6.74. The van der Waals surface area contributed by atoms with Crippen LogP contribution in [0.3, 0.4) is 0 Å². The Morgan fingerprint density at radius 1 is 0.824 bits per heavy atom. The molecular weight excluding hydrogens is 417 g/mol. The number of rotatable bonds is 1. The molecule has 0 aliphatic rings. The average molecular weight is 421 g/mol. The summed E-state index contributed by atoms with van der Waals surface area (Å²) >= 11 is 51.4. The number of nitrogens with zero attached hydrogens (tertiary/aromatic N) is 1. The largest absolute Gasteiger partial charge is 0.213 e. The summed E-state index contributed by atoms with van der Waals surface area (Å²) in [5.74, 6) is -1.16. The van der Waals surface area contributed by atoms with E-state index >= 15 is 0 Å². The summed E-state index contributed by atoms with van der Waals surface area (Å²) < 4.78 is -6.49. The van der Waals surface area contributed by atoms with Crippen LogP contribution in [0.4, 0.5) is 0 Å². The Bertz CT molecular complexity index is 300. The van der Waals surface area contributed by atoms with Crippen LogP contribution in [-0.2, 0) is 0 Å². The van der Waals surface area contributed by atoms with Crippen molar-refractivity contribution in [3.63, 3.8) is 0 Å². The second-order valence-corrected chi connectivity index (χ2v) is 10.1. The first-order valence-corrected chi connectivity index (χ1v) is 7.23. The van der Waals surface area contributed by atoms with Crippen LogP contribution >= 0.6 is 104 Å². The zero-order valence-corrected chi connectivity index (χ0v) is 14.7. The van der Waals surface area contributed by atoms with Gasteiger partial charge in [0.05, 0.1) is 6.07 Å². The lowest BCUT2D eigenvalue weighted by Crippen LogP contribution is -2.53. The number of hydrogen-bond acceptors (Lipinski definition) is 1. The molecule has 1 unspecified atom stereocenters. The second kappa shape index (κ2) is 5.84. The van der Waals surface area contributed by atoms with Crippen molar-refractivity contribution >= 4 is 104 Å². The first kappa shape index (κ1) is 19.1. The number of alkyl halides is 9. The molecule has 0 N–H and O–H groups in total. The molecule has 17 heavy (non-hydrogen) atoms. The summed E-state index contributed by atoms with van der Waals surface area (Å²) in [6.07, 6.45) is 0. The molecule has 0 heterocycles. The lowest BCUT2D eigenvalue weighted by molar-refractivity contribution is 0.268. The van der Waals surface area contributed by atoms with Gasteiger partial charge in [0.15, 0.2) is 9.21 Å². The Labute approximate surface area is 144 Å². The maximum absolute atomic E-state index is 9.25. The van der Waals surface area contributed by atoms with E-state index in [4.69, 9.17) is 104 Å². The van der Waals surface area contributed by atoms with Crippen molar-refractivity contribution < 1.29 is 0 Å². The minimum Gasteiger partial charge on any atom is -0.197 e. The van der Waals surface area contributed by atoms with Gasteiger partial charge < -0.3 is 0 Å². The van der Waals surface area contributed by atoms with E-state index in [0.717, 1.165) is 0 Å². The third-order valence-electron chi connectivity index (χ3n) is 2.21. The van der Waals surface area contributed by atoms with Crippen LogP contribution in [0.2, 0.25) is 0 Å². The Kier molecular flexibility index (Phi) is 6.56. The molecule has 1 nitrogen and oxygen atoms in total. The van der Waals surface area contributed by atoms with Crippen LogP contribution < -0.4 is 0 Å². The summed E-state index contributed by atoms with van der Waals surface area (Å²) in [5, 5.41) is 9.25. The highest BCUT2D eigenvalue weighted by Gasteiger charge is 2.68. The van der Waals surface area contributed by atoms with Crippen molar-refractivity contribution in [2.24, 2.45) is 11.3 Å². The van der Waals surface area contributed by atoms with E-state index in [0.29, 0.717) is 0 Å². The van der Waals surface area contributed by atoms with Crippen molar-refractivity contribution in [1.29, 1.82) is 5.26 Å². The molecule has 0 spiro atoms. The smallest absolute Gasteiger partial charge is 0.197 e. The van der Waals surface area contributed by atoms with E-state index in [2.05, 4.69) is 0 Å². The molecular formula is C7H4Cl9N. The predicted molar refractivity (Wildman–Crippen MR) is 78.1 cm³/mol. The topological polar surface area (TPSA) is 23.8 Å². The number of nitriles is 1. The molecule has 0 rings (SSSR count). The van der Waals surface area contributed by atoms with Gasteiger partial charge in [-0.1, -0.05) is 111 Å². The Morgan fingerprint density at radius 3 is 1.18 bits per heavy atom. The molecule has 0 fully saturated rings. The molecule has 0 aromatic heterocycles. The molecule has 0 bridgehead atoms. The molecule has 10 heteroatoms. The fourth-order valence-corrected chi connectivity index (χ4v) is 4.13. The first-order chi connectivity index (χ1) is 7.22. The van der Waals surface area contributed by atoms with E-state index in [1.807, 2.05) is 0 Å². The number of hydrogen-bond donors (Lipinski definition) is 0. The standard InChI is InChI=1S/C7H4Cl9N/c1-3(5(8,9)10)4(2-17,6(11,12)13)7(14,15)16/h3H,1H3. The summed E-state index contributed by atoms with van der Waals surface area (Å²) in [4.78, 5) is 0. The summed E-state index contributed by atoms with van der Waals surface area (Å²) in [6, 6.07) is 1.66. The predicted octanol–water partition coefficient (Wildman–Crippen LogP) is 6.24. The van der Waals surface area contributed by atoms with E-state index in [1.54, 1.807) is 6.07 Å². The van der Waals surface area contributed by atoms with E-state index in [1.165, 1.54) is 6.92 Å². The van der Waals surface area contributed by atoms with Gasteiger partial charge in [0.1, 0.15) is 0 Å². The van der Waals surface area contributed by atoms with Crippen LogP contribution in [0.1, 0.15) is 6.92 Å².